The van der Waals surface area contributed by atoms with Gasteiger partial charge in [0.1, 0.15) is 0 Å². The van der Waals surface area contributed by atoms with E-state index >= 15 is 0 Å². The van der Waals surface area contributed by atoms with Crippen molar-refractivity contribution in [3.63, 3.8) is 0 Å². The summed E-state index contributed by atoms with van der Waals surface area (Å²) >= 11 is 0. The van der Waals surface area contributed by atoms with Crippen LogP contribution in [0.4, 0.5) is 4.79 Å². The van der Waals surface area contributed by atoms with Crippen molar-refractivity contribution < 1.29 is 19.4 Å². The summed E-state index contributed by atoms with van der Waals surface area (Å²) < 4.78 is 5.68. The van der Waals surface area contributed by atoms with Crippen LogP contribution in [0.1, 0.15) is 32.6 Å². The molecule has 1 fully saturated rings. The van der Waals surface area contributed by atoms with Gasteiger partial charge >= 0.3 is 12.0 Å². The molecule has 2 amide bonds. The van der Waals surface area contributed by atoms with E-state index in [0.29, 0.717) is 6.54 Å². The van der Waals surface area contributed by atoms with Crippen LogP contribution in [0, 0.1) is 0 Å². The van der Waals surface area contributed by atoms with Gasteiger partial charge in [-0.15, -0.1) is 0 Å². The molecule has 1 aliphatic heterocycles. The average Bonchev–Trinajstić information content (AvgIpc) is 2.41. The first kappa shape index (κ1) is 15.8. The fraction of sp³-hybridized carbons (Fsp3) is 0.846. The molecule has 0 aromatic carbocycles. The van der Waals surface area contributed by atoms with Crippen LogP contribution in [0.3, 0.4) is 0 Å². The highest BCUT2D eigenvalue weighted by molar-refractivity contribution is 5.75. The van der Waals surface area contributed by atoms with E-state index in [2.05, 4.69) is 6.92 Å². The van der Waals surface area contributed by atoms with Crippen molar-refractivity contribution in [2.45, 2.75) is 38.7 Å². The van der Waals surface area contributed by atoms with Crippen molar-refractivity contribution in [3.05, 3.63) is 0 Å². The molecule has 0 aromatic heterocycles. The Hall–Kier alpha value is -1.30. The van der Waals surface area contributed by atoms with Gasteiger partial charge in [0.2, 0.25) is 0 Å². The summed E-state index contributed by atoms with van der Waals surface area (Å²) in [5.74, 6) is -0.887. The number of nitrogens with zero attached hydrogens (tertiary/aromatic N) is 2. The molecule has 1 aliphatic rings. The lowest BCUT2D eigenvalue weighted by Gasteiger charge is -2.35. The number of carboxylic acid groups (broad SMARTS) is 1. The van der Waals surface area contributed by atoms with Gasteiger partial charge in [0.25, 0.3) is 0 Å². The van der Waals surface area contributed by atoms with Gasteiger partial charge in [-0.25, -0.2) is 4.79 Å². The summed E-state index contributed by atoms with van der Waals surface area (Å²) in [6.07, 6.45) is 3.00. The molecule has 1 saturated heterocycles. The Morgan fingerprint density at radius 3 is 2.84 bits per heavy atom. The predicted octanol–water partition coefficient (Wildman–Crippen LogP) is 1.40. The molecule has 1 unspecified atom stereocenters. The highest BCUT2D eigenvalue weighted by atomic mass is 16.5. The SMILES string of the molecule is CCCOC1CCCN(C(=O)N(C)CCC(=O)O)C1. The van der Waals surface area contributed by atoms with Gasteiger partial charge in [0.05, 0.1) is 12.5 Å². The van der Waals surface area contributed by atoms with E-state index in [1.807, 2.05) is 0 Å². The van der Waals surface area contributed by atoms with E-state index in [-0.39, 0.29) is 25.1 Å². The Morgan fingerprint density at radius 2 is 2.21 bits per heavy atom. The van der Waals surface area contributed by atoms with Gasteiger partial charge in [-0.05, 0) is 19.3 Å². The lowest BCUT2D eigenvalue weighted by molar-refractivity contribution is -0.137. The van der Waals surface area contributed by atoms with Gasteiger partial charge in [0, 0.05) is 33.3 Å². The molecular formula is C13H24N2O4. The summed E-state index contributed by atoms with van der Waals surface area (Å²) in [6.45, 7) is 4.36. The smallest absolute Gasteiger partial charge is 0.319 e. The quantitative estimate of drug-likeness (QED) is 0.793. The van der Waals surface area contributed by atoms with Crippen molar-refractivity contribution in [2.24, 2.45) is 0 Å². The second-order valence-corrected chi connectivity index (χ2v) is 4.93. The van der Waals surface area contributed by atoms with E-state index < -0.39 is 5.97 Å². The fourth-order valence-corrected chi connectivity index (χ4v) is 2.13. The number of rotatable bonds is 6. The first-order valence-corrected chi connectivity index (χ1v) is 6.88. The van der Waals surface area contributed by atoms with Crippen molar-refractivity contribution in [2.75, 3.05) is 33.3 Å². The monoisotopic (exact) mass is 272 g/mol. The number of piperidine rings is 1. The third kappa shape index (κ3) is 5.46. The van der Waals surface area contributed by atoms with Gasteiger partial charge in [0.15, 0.2) is 0 Å². The summed E-state index contributed by atoms with van der Waals surface area (Å²) in [4.78, 5) is 25.9. The lowest BCUT2D eigenvalue weighted by Crippen LogP contribution is -2.48. The number of amides is 2. The zero-order valence-electron chi connectivity index (χ0n) is 11.8. The Balaban J connectivity index is 2.40. The summed E-state index contributed by atoms with van der Waals surface area (Å²) in [5.41, 5.74) is 0. The van der Waals surface area contributed by atoms with Crippen molar-refractivity contribution in [1.82, 2.24) is 9.80 Å². The second kappa shape index (κ2) is 7.99. The molecule has 0 aromatic rings. The Bertz CT molecular complexity index is 309. The van der Waals surface area contributed by atoms with E-state index in [0.717, 1.165) is 32.4 Å². The van der Waals surface area contributed by atoms with E-state index in [4.69, 9.17) is 9.84 Å². The van der Waals surface area contributed by atoms with Gasteiger partial charge in [-0.1, -0.05) is 6.92 Å². The number of carbonyl (C=O) groups is 2. The van der Waals surface area contributed by atoms with Crippen molar-refractivity contribution in [3.8, 4) is 0 Å². The predicted molar refractivity (Wildman–Crippen MR) is 71.1 cm³/mol. The molecule has 1 N–H and O–H groups in total. The normalized spacial score (nSPS) is 19.3. The van der Waals surface area contributed by atoms with Crippen LogP contribution in [0.5, 0.6) is 0 Å². The molecule has 1 rings (SSSR count). The molecule has 6 heteroatoms. The summed E-state index contributed by atoms with van der Waals surface area (Å²) in [5, 5.41) is 8.62. The summed E-state index contributed by atoms with van der Waals surface area (Å²) in [6, 6.07) is -0.106. The number of carbonyl (C=O) groups excluding carboxylic acids is 1. The van der Waals surface area contributed by atoms with Crippen LogP contribution in [0.15, 0.2) is 0 Å². The molecule has 0 spiro atoms. The number of carboxylic acids is 1. The minimum Gasteiger partial charge on any atom is -0.481 e. The van der Waals surface area contributed by atoms with Crippen LogP contribution >= 0.6 is 0 Å². The van der Waals surface area contributed by atoms with Crippen LogP contribution in [0.2, 0.25) is 0 Å². The maximum atomic E-state index is 12.1. The topological polar surface area (TPSA) is 70.1 Å². The molecule has 0 radical (unpaired) electrons. The number of aliphatic carboxylic acids is 1. The number of urea groups is 1. The highest BCUT2D eigenvalue weighted by Gasteiger charge is 2.26. The van der Waals surface area contributed by atoms with Crippen molar-refractivity contribution in [1.29, 1.82) is 0 Å². The van der Waals surface area contributed by atoms with Gasteiger partial charge in [-0.3, -0.25) is 4.79 Å². The maximum absolute atomic E-state index is 12.1. The molecule has 6 nitrogen and oxygen atoms in total. The van der Waals surface area contributed by atoms with E-state index in [9.17, 15) is 9.59 Å². The Kier molecular flexibility index (Phi) is 6.62. The molecule has 1 heterocycles. The molecule has 0 bridgehead atoms. The number of hydrogen-bond acceptors (Lipinski definition) is 3. The van der Waals surface area contributed by atoms with Gasteiger partial charge in [-0.2, -0.15) is 0 Å². The standard InChI is InChI=1S/C13H24N2O4/c1-3-9-19-11-5-4-7-15(10-11)13(18)14(2)8-6-12(16)17/h11H,3-10H2,1-2H3,(H,16,17). The highest BCUT2D eigenvalue weighted by Crippen LogP contribution is 2.15. The van der Waals surface area contributed by atoms with Crippen LogP contribution < -0.4 is 0 Å². The maximum Gasteiger partial charge on any atom is 0.319 e. The number of ether oxygens (including phenoxy) is 1. The number of likely N-dealkylation sites (tertiary alicyclic amines) is 1. The molecule has 110 valence electrons. The Labute approximate surface area is 114 Å². The second-order valence-electron chi connectivity index (χ2n) is 4.93. The molecule has 0 aliphatic carbocycles. The van der Waals surface area contributed by atoms with Gasteiger partial charge < -0.3 is 19.6 Å². The van der Waals surface area contributed by atoms with Crippen molar-refractivity contribution >= 4 is 12.0 Å². The lowest BCUT2D eigenvalue weighted by atomic mass is 10.1. The zero-order valence-corrected chi connectivity index (χ0v) is 11.8. The first-order valence-electron chi connectivity index (χ1n) is 6.88. The molecule has 0 saturated carbocycles. The number of hydrogen-bond donors (Lipinski definition) is 1. The Morgan fingerprint density at radius 1 is 1.47 bits per heavy atom. The zero-order chi connectivity index (χ0) is 14.3. The molecular weight excluding hydrogens is 248 g/mol. The first-order chi connectivity index (χ1) is 9.04. The fourth-order valence-electron chi connectivity index (χ4n) is 2.13. The van der Waals surface area contributed by atoms with Crippen LogP contribution in [-0.4, -0.2) is 66.3 Å². The van der Waals surface area contributed by atoms with E-state index in [1.54, 1.807) is 11.9 Å². The third-order valence-corrected chi connectivity index (χ3v) is 3.19. The van der Waals surface area contributed by atoms with E-state index in [1.165, 1.54) is 4.90 Å². The average molecular weight is 272 g/mol. The minimum atomic E-state index is -0.887. The minimum absolute atomic E-state index is 0.0220. The van der Waals surface area contributed by atoms with Crippen LogP contribution in [-0.2, 0) is 9.53 Å². The largest absolute Gasteiger partial charge is 0.481 e. The summed E-state index contributed by atoms with van der Waals surface area (Å²) in [7, 11) is 1.64. The third-order valence-electron chi connectivity index (χ3n) is 3.19. The van der Waals surface area contributed by atoms with Crippen LogP contribution in [0.25, 0.3) is 0 Å². The molecule has 19 heavy (non-hydrogen) atoms. The molecule has 1 atom stereocenters.